The van der Waals surface area contributed by atoms with Gasteiger partial charge in [-0.05, 0) is 30.0 Å². The molecule has 0 aromatic heterocycles. The molecule has 1 aromatic rings. The van der Waals surface area contributed by atoms with Gasteiger partial charge in [-0.25, -0.2) is 0 Å². The van der Waals surface area contributed by atoms with Crippen LogP contribution in [0.1, 0.15) is 17.5 Å². The predicted octanol–water partition coefficient (Wildman–Crippen LogP) is 3.34. The highest BCUT2D eigenvalue weighted by atomic mass is 14.1. The molecule has 1 aromatic carbocycles. The van der Waals surface area contributed by atoms with Gasteiger partial charge in [0, 0.05) is 0 Å². The summed E-state index contributed by atoms with van der Waals surface area (Å²) in [4.78, 5) is 0. The quantitative estimate of drug-likeness (QED) is 0.585. The van der Waals surface area contributed by atoms with Gasteiger partial charge in [0.15, 0.2) is 0 Å². The first kappa shape index (κ1) is 7.35. The van der Waals surface area contributed by atoms with Crippen LogP contribution in [-0.2, 0) is 0 Å². The van der Waals surface area contributed by atoms with E-state index in [0.29, 0.717) is 0 Å². The first-order valence-corrected chi connectivity index (χ1v) is 4.29. The number of rotatable bonds is 1. The minimum Gasteiger partial charge on any atom is -0.0801 e. The molecule has 0 amide bonds. The van der Waals surface area contributed by atoms with E-state index >= 15 is 0 Å². The highest BCUT2D eigenvalue weighted by Crippen LogP contribution is 2.25. The van der Waals surface area contributed by atoms with E-state index in [1.165, 1.54) is 16.7 Å². The average molecular weight is 156 g/mol. The fourth-order valence-electron chi connectivity index (χ4n) is 1.58. The lowest BCUT2D eigenvalue weighted by atomic mass is 10.0. The van der Waals surface area contributed by atoms with Gasteiger partial charge in [-0.1, -0.05) is 42.5 Å². The monoisotopic (exact) mass is 156 g/mol. The Hall–Kier alpha value is -1.30. The molecule has 12 heavy (non-hydrogen) atoms. The summed E-state index contributed by atoms with van der Waals surface area (Å²) in [5.41, 5.74) is 4.20. The van der Waals surface area contributed by atoms with E-state index in [2.05, 4.69) is 49.4 Å². The van der Waals surface area contributed by atoms with Crippen molar-refractivity contribution in [3.8, 4) is 0 Å². The SMILES string of the molecule is Cc1ccccc1C1=CC=CC1. The summed E-state index contributed by atoms with van der Waals surface area (Å²) in [6, 6.07) is 8.53. The summed E-state index contributed by atoms with van der Waals surface area (Å²) >= 11 is 0. The molecule has 0 unspecified atom stereocenters. The lowest BCUT2D eigenvalue weighted by Crippen LogP contribution is -1.84. The zero-order valence-corrected chi connectivity index (χ0v) is 7.25. The van der Waals surface area contributed by atoms with Gasteiger partial charge < -0.3 is 0 Å². The van der Waals surface area contributed by atoms with Crippen LogP contribution in [0, 0.1) is 6.92 Å². The Morgan fingerprint density at radius 2 is 2.00 bits per heavy atom. The molecule has 0 aliphatic heterocycles. The van der Waals surface area contributed by atoms with Gasteiger partial charge in [0.05, 0.1) is 0 Å². The van der Waals surface area contributed by atoms with E-state index in [9.17, 15) is 0 Å². The zero-order valence-electron chi connectivity index (χ0n) is 7.25. The number of allylic oxidation sites excluding steroid dienone is 4. The summed E-state index contributed by atoms with van der Waals surface area (Å²) in [6.45, 7) is 2.16. The molecule has 0 bridgehead atoms. The summed E-state index contributed by atoms with van der Waals surface area (Å²) in [6.07, 6.45) is 7.61. The van der Waals surface area contributed by atoms with E-state index in [4.69, 9.17) is 0 Å². The molecule has 0 nitrogen and oxygen atoms in total. The maximum atomic E-state index is 2.20. The van der Waals surface area contributed by atoms with Crippen LogP contribution in [0.2, 0.25) is 0 Å². The van der Waals surface area contributed by atoms with Crippen molar-refractivity contribution in [3.63, 3.8) is 0 Å². The summed E-state index contributed by atoms with van der Waals surface area (Å²) in [5.74, 6) is 0. The number of hydrogen-bond acceptors (Lipinski definition) is 0. The number of benzene rings is 1. The lowest BCUT2D eigenvalue weighted by Gasteiger charge is -2.05. The maximum Gasteiger partial charge on any atom is -0.00883 e. The van der Waals surface area contributed by atoms with Crippen LogP contribution < -0.4 is 0 Å². The molecule has 0 fully saturated rings. The smallest absolute Gasteiger partial charge is 0.00883 e. The van der Waals surface area contributed by atoms with Crippen molar-refractivity contribution < 1.29 is 0 Å². The third kappa shape index (κ3) is 1.20. The van der Waals surface area contributed by atoms with Crippen LogP contribution in [0.25, 0.3) is 5.57 Å². The highest BCUT2D eigenvalue weighted by Gasteiger charge is 2.04. The van der Waals surface area contributed by atoms with Crippen molar-refractivity contribution in [1.82, 2.24) is 0 Å². The van der Waals surface area contributed by atoms with E-state index in [-0.39, 0.29) is 0 Å². The van der Waals surface area contributed by atoms with Crippen molar-refractivity contribution in [2.75, 3.05) is 0 Å². The van der Waals surface area contributed by atoms with Gasteiger partial charge in [-0.2, -0.15) is 0 Å². The molecule has 0 saturated carbocycles. The second-order valence-corrected chi connectivity index (χ2v) is 3.14. The highest BCUT2D eigenvalue weighted by molar-refractivity contribution is 5.72. The van der Waals surface area contributed by atoms with Crippen LogP contribution in [0.4, 0.5) is 0 Å². The molecule has 0 radical (unpaired) electrons. The standard InChI is InChI=1S/C12H12/c1-10-6-2-5-9-12(10)11-7-3-4-8-11/h2-7,9H,8H2,1H3. The first-order chi connectivity index (χ1) is 5.88. The van der Waals surface area contributed by atoms with E-state index in [0.717, 1.165) is 6.42 Å². The Balaban J connectivity index is 2.40. The minimum atomic E-state index is 1.09. The van der Waals surface area contributed by atoms with Crippen LogP contribution in [0.15, 0.2) is 42.5 Å². The number of aryl methyl sites for hydroxylation is 1. The van der Waals surface area contributed by atoms with E-state index < -0.39 is 0 Å². The predicted molar refractivity (Wildman–Crippen MR) is 52.9 cm³/mol. The molecule has 0 spiro atoms. The largest absolute Gasteiger partial charge is 0.0801 e. The third-order valence-corrected chi connectivity index (χ3v) is 2.26. The van der Waals surface area contributed by atoms with Gasteiger partial charge in [0.2, 0.25) is 0 Å². The zero-order chi connectivity index (χ0) is 8.39. The van der Waals surface area contributed by atoms with Gasteiger partial charge in [0.25, 0.3) is 0 Å². The van der Waals surface area contributed by atoms with Gasteiger partial charge in [-0.3, -0.25) is 0 Å². The Labute approximate surface area is 73.2 Å². The fourth-order valence-corrected chi connectivity index (χ4v) is 1.58. The van der Waals surface area contributed by atoms with Crippen molar-refractivity contribution in [3.05, 3.63) is 53.6 Å². The average Bonchev–Trinajstić information content (AvgIpc) is 2.57. The Morgan fingerprint density at radius 1 is 1.17 bits per heavy atom. The minimum absolute atomic E-state index is 1.09. The second-order valence-electron chi connectivity index (χ2n) is 3.14. The van der Waals surface area contributed by atoms with Crippen molar-refractivity contribution in [2.24, 2.45) is 0 Å². The lowest BCUT2D eigenvalue weighted by molar-refractivity contribution is 1.36. The topological polar surface area (TPSA) is 0 Å². The van der Waals surface area contributed by atoms with Crippen molar-refractivity contribution in [2.45, 2.75) is 13.3 Å². The van der Waals surface area contributed by atoms with Gasteiger partial charge in [-0.15, -0.1) is 0 Å². The van der Waals surface area contributed by atoms with Gasteiger partial charge in [0.1, 0.15) is 0 Å². The number of hydrogen-bond donors (Lipinski definition) is 0. The summed E-state index contributed by atoms with van der Waals surface area (Å²) in [7, 11) is 0. The molecular weight excluding hydrogens is 144 g/mol. The molecule has 1 aliphatic rings. The van der Waals surface area contributed by atoms with Crippen LogP contribution in [0.5, 0.6) is 0 Å². The molecule has 2 rings (SSSR count). The van der Waals surface area contributed by atoms with Crippen LogP contribution in [-0.4, -0.2) is 0 Å². The normalized spacial score (nSPS) is 14.9. The molecule has 0 saturated heterocycles. The van der Waals surface area contributed by atoms with Crippen LogP contribution in [0.3, 0.4) is 0 Å². The molecular formula is C12H12. The van der Waals surface area contributed by atoms with Crippen molar-refractivity contribution in [1.29, 1.82) is 0 Å². The Bertz CT molecular complexity index is 343. The molecule has 0 heterocycles. The third-order valence-electron chi connectivity index (χ3n) is 2.26. The summed E-state index contributed by atoms with van der Waals surface area (Å²) in [5, 5.41) is 0. The molecule has 1 aliphatic carbocycles. The first-order valence-electron chi connectivity index (χ1n) is 4.29. The second kappa shape index (κ2) is 2.98. The molecule has 0 N–H and O–H groups in total. The Morgan fingerprint density at radius 3 is 2.67 bits per heavy atom. The van der Waals surface area contributed by atoms with Gasteiger partial charge >= 0.3 is 0 Å². The molecule has 0 atom stereocenters. The maximum absolute atomic E-state index is 2.20. The molecule has 0 heteroatoms. The Kier molecular flexibility index (Phi) is 1.83. The van der Waals surface area contributed by atoms with E-state index in [1.54, 1.807) is 0 Å². The summed E-state index contributed by atoms with van der Waals surface area (Å²) < 4.78 is 0. The fraction of sp³-hybridized carbons (Fsp3) is 0.167. The van der Waals surface area contributed by atoms with E-state index in [1.807, 2.05) is 0 Å². The van der Waals surface area contributed by atoms with Crippen molar-refractivity contribution >= 4 is 5.57 Å². The van der Waals surface area contributed by atoms with Crippen LogP contribution >= 0.6 is 0 Å². The molecule has 60 valence electrons.